The molecule has 0 aliphatic heterocycles. The fourth-order valence-corrected chi connectivity index (χ4v) is 3.22. The van der Waals surface area contributed by atoms with Crippen LogP contribution in [-0.2, 0) is 0 Å². The van der Waals surface area contributed by atoms with Crippen LogP contribution in [0, 0.1) is 0 Å². The third-order valence-corrected chi connectivity index (χ3v) is 4.42. The number of hydrogen-bond acceptors (Lipinski definition) is 4. The molecule has 4 nitrogen and oxygen atoms in total. The molecule has 1 amide bonds. The summed E-state index contributed by atoms with van der Waals surface area (Å²) in [6.45, 7) is 2.71. The maximum absolute atomic E-state index is 12.3. The Morgan fingerprint density at radius 3 is 2.74 bits per heavy atom. The Hall–Kier alpha value is -2.11. The number of fused-ring (bicyclic) bond motifs is 1. The second-order valence-electron chi connectivity index (χ2n) is 4.93. The van der Waals surface area contributed by atoms with Crippen LogP contribution in [0.15, 0.2) is 42.5 Å². The Bertz CT molecular complexity index is 830. The van der Waals surface area contributed by atoms with Crippen molar-refractivity contribution in [1.29, 1.82) is 0 Å². The molecule has 0 saturated heterocycles. The number of amides is 1. The number of nitrogens with one attached hydrogen (secondary N) is 1. The van der Waals surface area contributed by atoms with Crippen molar-refractivity contribution in [3.8, 4) is 5.75 Å². The molecule has 2 aromatic carbocycles. The molecule has 0 fully saturated rings. The fraction of sp³-hybridized carbons (Fsp3) is 0.176. The monoisotopic (exact) mass is 346 g/mol. The average Bonchev–Trinajstić information content (AvgIpc) is 2.97. The Labute approximate surface area is 143 Å². The van der Waals surface area contributed by atoms with Gasteiger partial charge in [0.05, 0.1) is 16.3 Å². The lowest BCUT2D eigenvalue weighted by molar-refractivity contribution is 0.102. The van der Waals surface area contributed by atoms with E-state index in [9.17, 15) is 4.79 Å². The predicted octanol–water partition coefficient (Wildman–Crippen LogP) is 4.99. The van der Waals surface area contributed by atoms with Crippen LogP contribution in [-0.4, -0.2) is 17.5 Å². The van der Waals surface area contributed by atoms with Gasteiger partial charge in [-0.3, -0.25) is 10.1 Å². The molecule has 118 valence electrons. The van der Waals surface area contributed by atoms with Crippen molar-refractivity contribution >= 4 is 44.2 Å². The first kappa shape index (κ1) is 15.8. The number of anilines is 1. The van der Waals surface area contributed by atoms with E-state index in [4.69, 9.17) is 16.3 Å². The normalized spacial score (nSPS) is 10.7. The number of carbonyl (C=O) groups excluding carboxylic acids is 1. The fourth-order valence-electron chi connectivity index (χ4n) is 2.06. The number of carbonyl (C=O) groups is 1. The first-order valence-electron chi connectivity index (χ1n) is 7.26. The highest BCUT2D eigenvalue weighted by molar-refractivity contribution is 7.22. The molecule has 0 aliphatic carbocycles. The van der Waals surface area contributed by atoms with Gasteiger partial charge >= 0.3 is 0 Å². The zero-order chi connectivity index (χ0) is 16.2. The SMILES string of the molecule is CCCOc1ccc(C(=O)Nc2nc3c(Cl)cccc3s2)cc1. The summed E-state index contributed by atoms with van der Waals surface area (Å²) in [5.74, 6) is 0.553. The summed E-state index contributed by atoms with van der Waals surface area (Å²) in [4.78, 5) is 16.6. The van der Waals surface area contributed by atoms with Crippen molar-refractivity contribution in [1.82, 2.24) is 4.98 Å². The molecule has 0 radical (unpaired) electrons. The van der Waals surface area contributed by atoms with Crippen LogP contribution in [0.2, 0.25) is 5.02 Å². The number of thiazole rings is 1. The van der Waals surface area contributed by atoms with Crippen LogP contribution in [0.5, 0.6) is 5.75 Å². The lowest BCUT2D eigenvalue weighted by Gasteiger charge is -2.05. The molecule has 6 heteroatoms. The quantitative estimate of drug-likeness (QED) is 0.708. The van der Waals surface area contributed by atoms with Crippen LogP contribution in [0.1, 0.15) is 23.7 Å². The van der Waals surface area contributed by atoms with Gasteiger partial charge in [-0.05, 0) is 42.8 Å². The van der Waals surface area contributed by atoms with Crippen molar-refractivity contribution in [2.24, 2.45) is 0 Å². The first-order valence-corrected chi connectivity index (χ1v) is 8.46. The van der Waals surface area contributed by atoms with Gasteiger partial charge in [0.25, 0.3) is 5.91 Å². The third-order valence-electron chi connectivity index (χ3n) is 3.18. The zero-order valence-electron chi connectivity index (χ0n) is 12.5. The number of rotatable bonds is 5. The largest absolute Gasteiger partial charge is 0.494 e. The van der Waals surface area contributed by atoms with Gasteiger partial charge in [0.2, 0.25) is 0 Å². The Morgan fingerprint density at radius 2 is 2.04 bits per heavy atom. The lowest BCUT2D eigenvalue weighted by atomic mass is 10.2. The maximum Gasteiger partial charge on any atom is 0.257 e. The number of halogens is 1. The molecule has 1 aromatic heterocycles. The van der Waals surface area contributed by atoms with Gasteiger partial charge in [0, 0.05) is 5.56 Å². The Morgan fingerprint density at radius 1 is 1.26 bits per heavy atom. The Balaban J connectivity index is 1.73. The molecule has 0 spiro atoms. The van der Waals surface area contributed by atoms with Crippen LogP contribution >= 0.6 is 22.9 Å². The van der Waals surface area contributed by atoms with Crippen molar-refractivity contribution < 1.29 is 9.53 Å². The van der Waals surface area contributed by atoms with Crippen molar-refractivity contribution in [2.45, 2.75) is 13.3 Å². The first-order chi connectivity index (χ1) is 11.2. The van der Waals surface area contributed by atoms with E-state index in [-0.39, 0.29) is 5.91 Å². The summed E-state index contributed by atoms with van der Waals surface area (Å²) >= 11 is 7.50. The molecular formula is C17H15ClN2O2S. The summed E-state index contributed by atoms with van der Waals surface area (Å²) in [6, 6.07) is 12.6. The van der Waals surface area contributed by atoms with Gasteiger partial charge in [-0.1, -0.05) is 35.9 Å². The summed E-state index contributed by atoms with van der Waals surface area (Å²) in [5.41, 5.74) is 1.26. The van der Waals surface area contributed by atoms with Crippen molar-refractivity contribution in [2.75, 3.05) is 11.9 Å². The molecular weight excluding hydrogens is 332 g/mol. The van der Waals surface area contributed by atoms with Gasteiger partial charge in [-0.2, -0.15) is 0 Å². The maximum atomic E-state index is 12.3. The van der Waals surface area contributed by atoms with E-state index in [1.165, 1.54) is 11.3 Å². The molecule has 0 aliphatic rings. The van der Waals surface area contributed by atoms with Crippen LogP contribution in [0.3, 0.4) is 0 Å². The number of ether oxygens (including phenoxy) is 1. The Kier molecular flexibility index (Phi) is 4.79. The standard InChI is InChI=1S/C17H15ClN2O2S/c1-2-10-22-12-8-6-11(7-9-12)16(21)20-17-19-15-13(18)4-3-5-14(15)23-17/h3-9H,2,10H2,1H3,(H,19,20,21). The van der Waals surface area contributed by atoms with Gasteiger partial charge in [0.1, 0.15) is 11.3 Å². The second kappa shape index (κ2) is 6.98. The number of para-hydroxylation sites is 1. The van der Waals surface area contributed by atoms with Gasteiger partial charge < -0.3 is 4.74 Å². The minimum Gasteiger partial charge on any atom is -0.494 e. The highest BCUT2D eigenvalue weighted by atomic mass is 35.5. The van der Waals surface area contributed by atoms with Crippen molar-refractivity contribution in [3.63, 3.8) is 0 Å². The van der Waals surface area contributed by atoms with E-state index in [1.807, 2.05) is 19.1 Å². The highest BCUT2D eigenvalue weighted by Gasteiger charge is 2.11. The smallest absolute Gasteiger partial charge is 0.257 e. The summed E-state index contributed by atoms with van der Waals surface area (Å²) in [7, 11) is 0. The minimum atomic E-state index is -0.206. The summed E-state index contributed by atoms with van der Waals surface area (Å²) in [6.07, 6.45) is 0.947. The van der Waals surface area contributed by atoms with E-state index in [2.05, 4.69) is 10.3 Å². The van der Waals surface area contributed by atoms with Gasteiger partial charge in [-0.15, -0.1) is 0 Å². The molecule has 0 bridgehead atoms. The number of nitrogens with zero attached hydrogens (tertiary/aromatic N) is 1. The molecule has 3 rings (SSSR count). The van der Waals surface area contributed by atoms with E-state index in [0.29, 0.717) is 27.8 Å². The van der Waals surface area contributed by atoms with E-state index >= 15 is 0 Å². The topological polar surface area (TPSA) is 51.2 Å². The van der Waals surface area contributed by atoms with Crippen LogP contribution in [0.4, 0.5) is 5.13 Å². The predicted molar refractivity (Wildman–Crippen MR) is 94.8 cm³/mol. The molecule has 23 heavy (non-hydrogen) atoms. The summed E-state index contributed by atoms with van der Waals surface area (Å²) in [5, 5.41) is 3.92. The summed E-state index contributed by atoms with van der Waals surface area (Å²) < 4.78 is 6.45. The number of benzene rings is 2. The highest BCUT2D eigenvalue weighted by Crippen LogP contribution is 2.30. The second-order valence-corrected chi connectivity index (χ2v) is 6.37. The third kappa shape index (κ3) is 3.63. The molecule has 0 atom stereocenters. The zero-order valence-corrected chi connectivity index (χ0v) is 14.1. The lowest BCUT2D eigenvalue weighted by Crippen LogP contribution is -2.11. The number of aromatic nitrogens is 1. The molecule has 0 unspecified atom stereocenters. The molecule has 0 saturated carbocycles. The average molecular weight is 347 g/mol. The van der Waals surface area contributed by atoms with E-state index in [1.54, 1.807) is 30.3 Å². The molecule has 1 heterocycles. The van der Waals surface area contributed by atoms with Crippen molar-refractivity contribution in [3.05, 3.63) is 53.1 Å². The van der Waals surface area contributed by atoms with Gasteiger partial charge in [0.15, 0.2) is 5.13 Å². The minimum absolute atomic E-state index is 0.206. The van der Waals surface area contributed by atoms with Gasteiger partial charge in [-0.25, -0.2) is 4.98 Å². The van der Waals surface area contributed by atoms with E-state index in [0.717, 1.165) is 16.9 Å². The molecule has 3 aromatic rings. The number of hydrogen-bond donors (Lipinski definition) is 1. The van der Waals surface area contributed by atoms with Crippen LogP contribution in [0.25, 0.3) is 10.2 Å². The van der Waals surface area contributed by atoms with E-state index < -0.39 is 0 Å². The molecule has 1 N–H and O–H groups in total. The van der Waals surface area contributed by atoms with Crippen LogP contribution < -0.4 is 10.1 Å².